The fourth-order valence-corrected chi connectivity index (χ4v) is 3.56. The van der Waals surface area contributed by atoms with E-state index in [9.17, 15) is 4.39 Å². The van der Waals surface area contributed by atoms with Gasteiger partial charge in [0.25, 0.3) is 0 Å². The molecule has 0 heterocycles. The van der Waals surface area contributed by atoms with Gasteiger partial charge in [-0.15, -0.1) is 6.58 Å². The Labute approximate surface area is 186 Å². The van der Waals surface area contributed by atoms with Crippen molar-refractivity contribution in [2.75, 3.05) is 0 Å². The summed E-state index contributed by atoms with van der Waals surface area (Å²) >= 11 is 0. The normalized spacial score (nSPS) is 10.4. The van der Waals surface area contributed by atoms with Gasteiger partial charge in [0, 0.05) is 11.1 Å². The molecule has 0 saturated carbocycles. The average molecular weight is 411 g/mol. The lowest BCUT2D eigenvalue weighted by Crippen LogP contribution is -1.91. The third-order valence-corrected chi connectivity index (χ3v) is 5.50. The van der Waals surface area contributed by atoms with Crippen molar-refractivity contribution in [3.05, 3.63) is 107 Å². The molecule has 0 aliphatic heterocycles. The van der Waals surface area contributed by atoms with Gasteiger partial charge in [-0.1, -0.05) is 67.7 Å². The van der Waals surface area contributed by atoms with Crippen molar-refractivity contribution < 1.29 is 4.39 Å². The second-order valence-corrected chi connectivity index (χ2v) is 7.97. The molecule has 0 amide bonds. The molecule has 3 rings (SSSR count). The van der Waals surface area contributed by atoms with Gasteiger partial charge in [0.15, 0.2) is 0 Å². The topological polar surface area (TPSA) is 0 Å². The predicted octanol–water partition coefficient (Wildman–Crippen LogP) is 8.13. The van der Waals surface area contributed by atoms with Gasteiger partial charge in [0.1, 0.15) is 5.82 Å². The van der Waals surface area contributed by atoms with Crippen LogP contribution in [0.15, 0.2) is 79.4 Å². The Morgan fingerprint density at radius 1 is 0.774 bits per heavy atom. The number of aryl methyl sites for hydroxylation is 2. The highest BCUT2D eigenvalue weighted by molar-refractivity contribution is 5.65. The first-order valence-corrected chi connectivity index (χ1v) is 11.3. The summed E-state index contributed by atoms with van der Waals surface area (Å²) in [4.78, 5) is 0. The van der Waals surface area contributed by atoms with Gasteiger partial charge in [-0.2, -0.15) is 0 Å². The minimum atomic E-state index is -0.112. The lowest BCUT2D eigenvalue weighted by atomic mass is 10.00. The number of benzene rings is 3. The lowest BCUT2D eigenvalue weighted by molar-refractivity contribution is 0.603. The zero-order valence-electron chi connectivity index (χ0n) is 18.5. The fraction of sp³-hybridized carbons (Fsp3) is 0.267. The maximum Gasteiger partial charge on any atom is 0.127 e. The molecule has 0 bridgehead atoms. The molecule has 0 radical (unpaired) electrons. The Kier molecular flexibility index (Phi) is 8.68. The van der Waals surface area contributed by atoms with Crippen LogP contribution in [0.25, 0.3) is 11.1 Å². The molecule has 158 valence electrons. The molecular weight excluding hydrogens is 379 g/mol. The first kappa shape index (κ1) is 22.6. The van der Waals surface area contributed by atoms with E-state index in [1.54, 1.807) is 6.07 Å². The van der Waals surface area contributed by atoms with E-state index in [1.165, 1.54) is 18.4 Å². The van der Waals surface area contributed by atoms with E-state index < -0.39 is 0 Å². The fourth-order valence-electron chi connectivity index (χ4n) is 3.56. The van der Waals surface area contributed by atoms with Crippen LogP contribution in [0.1, 0.15) is 61.3 Å². The standard InChI is InChI=1S/C30H31F/c1-3-5-7-8-9-24-11-13-25(14-12-24)15-16-26-17-19-27(20-18-26)29-22-21-28(10-6-4-2)30(31)23-29/h3,11-14,17-23H,1,4-10H2,2H3. The SMILES string of the molecule is C=CCCCCc1ccc(C#Cc2ccc(-c3ccc(CCCC)c(F)c3)cc2)cc1. The summed E-state index contributed by atoms with van der Waals surface area (Å²) in [5.74, 6) is 6.35. The zero-order chi connectivity index (χ0) is 21.9. The van der Waals surface area contributed by atoms with Crippen LogP contribution in [-0.2, 0) is 12.8 Å². The highest BCUT2D eigenvalue weighted by Crippen LogP contribution is 2.23. The molecule has 31 heavy (non-hydrogen) atoms. The van der Waals surface area contributed by atoms with Gasteiger partial charge >= 0.3 is 0 Å². The summed E-state index contributed by atoms with van der Waals surface area (Å²) in [5, 5.41) is 0. The summed E-state index contributed by atoms with van der Waals surface area (Å²) in [6.45, 7) is 5.89. The Morgan fingerprint density at radius 2 is 1.42 bits per heavy atom. The van der Waals surface area contributed by atoms with E-state index in [0.29, 0.717) is 0 Å². The Bertz CT molecular complexity index is 1030. The maximum absolute atomic E-state index is 14.4. The second kappa shape index (κ2) is 11.9. The highest BCUT2D eigenvalue weighted by Gasteiger charge is 2.05. The van der Waals surface area contributed by atoms with E-state index in [2.05, 4.69) is 49.6 Å². The molecule has 0 N–H and O–H groups in total. The Morgan fingerprint density at radius 3 is 2.03 bits per heavy atom. The van der Waals surface area contributed by atoms with Gasteiger partial charge in [-0.3, -0.25) is 0 Å². The molecule has 0 spiro atoms. The summed E-state index contributed by atoms with van der Waals surface area (Å²) in [7, 11) is 0. The smallest absolute Gasteiger partial charge is 0.127 e. The van der Waals surface area contributed by atoms with Crippen molar-refractivity contribution in [1.29, 1.82) is 0 Å². The number of unbranched alkanes of at least 4 members (excludes halogenated alkanes) is 3. The molecule has 0 saturated heterocycles. The van der Waals surface area contributed by atoms with E-state index in [0.717, 1.165) is 59.9 Å². The van der Waals surface area contributed by atoms with Crippen LogP contribution in [0.2, 0.25) is 0 Å². The maximum atomic E-state index is 14.4. The number of allylic oxidation sites excluding steroid dienone is 1. The van der Waals surface area contributed by atoms with Crippen molar-refractivity contribution >= 4 is 0 Å². The minimum Gasteiger partial charge on any atom is -0.207 e. The quantitative estimate of drug-likeness (QED) is 0.190. The Hall–Kier alpha value is -3.11. The molecule has 0 unspecified atom stereocenters. The predicted molar refractivity (Wildman–Crippen MR) is 131 cm³/mol. The van der Waals surface area contributed by atoms with Gasteiger partial charge in [-0.05, 0) is 91.1 Å². The van der Waals surface area contributed by atoms with Crippen LogP contribution in [0.3, 0.4) is 0 Å². The summed E-state index contributed by atoms with van der Waals surface area (Å²) in [5.41, 5.74) is 6.04. The van der Waals surface area contributed by atoms with E-state index >= 15 is 0 Å². The van der Waals surface area contributed by atoms with Crippen LogP contribution in [0, 0.1) is 17.7 Å². The summed E-state index contributed by atoms with van der Waals surface area (Å²) in [6, 6.07) is 22.1. The monoisotopic (exact) mass is 410 g/mol. The lowest BCUT2D eigenvalue weighted by Gasteiger charge is -2.06. The number of hydrogen-bond donors (Lipinski definition) is 0. The second-order valence-electron chi connectivity index (χ2n) is 7.97. The zero-order valence-corrected chi connectivity index (χ0v) is 18.5. The summed E-state index contributed by atoms with van der Waals surface area (Å²) < 4.78 is 14.4. The van der Waals surface area contributed by atoms with Gasteiger partial charge in [0.2, 0.25) is 0 Å². The number of rotatable bonds is 9. The molecule has 0 aliphatic rings. The number of halogens is 1. The molecule has 0 atom stereocenters. The molecule has 3 aromatic carbocycles. The minimum absolute atomic E-state index is 0.112. The van der Waals surface area contributed by atoms with Crippen molar-refractivity contribution in [1.82, 2.24) is 0 Å². The molecular formula is C30H31F. The van der Waals surface area contributed by atoms with Gasteiger partial charge in [-0.25, -0.2) is 4.39 Å². The largest absolute Gasteiger partial charge is 0.207 e. The highest BCUT2D eigenvalue weighted by atomic mass is 19.1. The van der Waals surface area contributed by atoms with E-state index in [4.69, 9.17) is 0 Å². The first-order valence-electron chi connectivity index (χ1n) is 11.3. The third-order valence-electron chi connectivity index (χ3n) is 5.50. The molecule has 0 fully saturated rings. The van der Waals surface area contributed by atoms with Crippen molar-refractivity contribution in [3.63, 3.8) is 0 Å². The number of hydrogen-bond acceptors (Lipinski definition) is 0. The van der Waals surface area contributed by atoms with Crippen molar-refractivity contribution in [2.24, 2.45) is 0 Å². The van der Waals surface area contributed by atoms with Crippen LogP contribution in [0.4, 0.5) is 4.39 Å². The van der Waals surface area contributed by atoms with Crippen LogP contribution < -0.4 is 0 Å². The van der Waals surface area contributed by atoms with E-state index in [-0.39, 0.29) is 5.82 Å². The van der Waals surface area contributed by atoms with Crippen LogP contribution in [-0.4, -0.2) is 0 Å². The van der Waals surface area contributed by atoms with Crippen molar-refractivity contribution in [3.8, 4) is 23.0 Å². The molecule has 0 aromatic heterocycles. The van der Waals surface area contributed by atoms with Gasteiger partial charge < -0.3 is 0 Å². The van der Waals surface area contributed by atoms with E-state index in [1.807, 2.05) is 42.5 Å². The van der Waals surface area contributed by atoms with Gasteiger partial charge in [0.05, 0.1) is 0 Å². The average Bonchev–Trinajstić information content (AvgIpc) is 2.81. The molecule has 0 aliphatic carbocycles. The van der Waals surface area contributed by atoms with Crippen LogP contribution >= 0.6 is 0 Å². The molecule has 1 heteroatoms. The first-order chi connectivity index (χ1) is 15.2. The van der Waals surface area contributed by atoms with Crippen LogP contribution in [0.5, 0.6) is 0 Å². The Balaban J connectivity index is 1.62. The third kappa shape index (κ3) is 6.97. The molecule has 3 aromatic rings. The van der Waals surface area contributed by atoms with Crippen molar-refractivity contribution in [2.45, 2.75) is 51.9 Å². The summed E-state index contributed by atoms with van der Waals surface area (Å²) in [6.07, 6.45) is 9.43. The molecule has 0 nitrogen and oxygen atoms in total.